The van der Waals surface area contributed by atoms with E-state index in [4.69, 9.17) is 0 Å². The first-order chi connectivity index (χ1) is 6.65. The summed E-state index contributed by atoms with van der Waals surface area (Å²) < 4.78 is 0.902. The molecule has 0 saturated heterocycles. The van der Waals surface area contributed by atoms with Crippen LogP contribution in [0.1, 0.15) is 10.5 Å². The Bertz CT molecular complexity index is 314. The molecule has 0 bridgehead atoms. The lowest BCUT2D eigenvalue weighted by atomic mass is 10.4. The Morgan fingerprint density at radius 1 is 1.71 bits per heavy atom. The Labute approximate surface area is 96.4 Å². The zero-order chi connectivity index (χ0) is 10.6. The lowest BCUT2D eigenvalue weighted by Crippen LogP contribution is -2.29. The lowest BCUT2D eigenvalue weighted by Gasteiger charge is -2.15. The second kappa shape index (κ2) is 5.46. The molecule has 1 heterocycles. The van der Waals surface area contributed by atoms with Crippen LogP contribution in [-0.2, 0) is 0 Å². The molecule has 0 aliphatic heterocycles. The smallest absolute Gasteiger partial charge is 0.270 e. The zero-order valence-corrected chi connectivity index (χ0v) is 10.6. The number of thioether (sulfide) groups is 1. The van der Waals surface area contributed by atoms with Crippen molar-refractivity contribution in [3.05, 3.63) is 22.4 Å². The molecule has 5 heteroatoms. The highest BCUT2D eigenvalue weighted by atomic mass is 79.9. The van der Waals surface area contributed by atoms with Crippen LogP contribution in [0.2, 0.25) is 0 Å². The van der Waals surface area contributed by atoms with Crippen LogP contribution in [0, 0.1) is 0 Å². The zero-order valence-electron chi connectivity index (χ0n) is 8.21. The SMILES string of the molecule is CSCCN(C)C(=O)c1cc(Br)c[nH]1. The maximum Gasteiger partial charge on any atom is 0.270 e. The van der Waals surface area contributed by atoms with Gasteiger partial charge in [-0.1, -0.05) is 0 Å². The highest BCUT2D eigenvalue weighted by Gasteiger charge is 2.12. The second-order valence-corrected chi connectivity index (χ2v) is 4.85. The van der Waals surface area contributed by atoms with E-state index in [2.05, 4.69) is 20.9 Å². The van der Waals surface area contributed by atoms with Crippen LogP contribution in [0.5, 0.6) is 0 Å². The monoisotopic (exact) mass is 276 g/mol. The molecule has 0 aliphatic carbocycles. The number of carbonyl (C=O) groups excluding carboxylic acids is 1. The molecular formula is C9H13BrN2OS. The van der Waals surface area contributed by atoms with E-state index >= 15 is 0 Å². The number of nitrogens with one attached hydrogen (secondary N) is 1. The molecule has 0 spiro atoms. The fourth-order valence-electron chi connectivity index (χ4n) is 1.03. The van der Waals surface area contributed by atoms with Crippen LogP contribution >= 0.6 is 27.7 Å². The first-order valence-corrected chi connectivity index (χ1v) is 6.42. The van der Waals surface area contributed by atoms with Gasteiger partial charge in [0.1, 0.15) is 5.69 Å². The molecule has 1 rings (SSSR count). The molecule has 0 radical (unpaired) electrons. The number of amides is 1. The summed E-state index contributed by atoms with van der Waals surface area (Å²) in [6.07, 6.45) is 3.79. The largest absolute Gasteiger partial charge is 0.356 e. The van der Waals surface area contributed by atoms with Gasteiger partial charge in [-0.3, -0.25) is 4.79 Å². The van der Waals surface area contributed by atoms with Gasteiger partial charge in [0.2, 0.25) is 0 Å². The van der Waals surface area contributed by atoms with Crippen molar-refractivity contribution in [1.29, 1.82) is 0 Å². The third-order valence-corrected chi connectivity index (χ3v) is 2.90. The van der Waals surface area contributed by atoms with Crippen molar-refractivity contribution in [1.82, 2.24) is 9.88 Å². The average molecular weight is 277 g/mol. The van der Waals surface area contributed by atoms with Gasteiger partial charge < -0.3 is 9.88 Å². The maximum absolute atomic E-state index is 11.7. The maximum atomic E-state index is 11.7. The fraction of sp³-hybridized carbons (Fsp3) is 0.444. The molecule has 1 N–H and O–H groups in total. The number of aromatic amines is 1. The van der Waals surface area contributed by atoms with E-state index in [1.165, 1.54) is 0 Å². The van der Waals surface area contributed by atoms with Gasteiger partial charge in [-0.15, -0.1) is 0 Å². The van der Waals surface area contributed by atoms with E-state index in [-0.39, 0.29) is 5.91 Å². The Balaban J connectivity index is 2.56. The van der Waals surface area contributed by atoms with E-state index in [1.807, 2.05) is 13.3 Å². The number of rotatable bonds is 4. The molecule has 1 amide bonds. The van der Waals surface area contributed by atoms with Gasteiger partial charge in [-0.2, -0.15) is 11.8 Å². The molecule has 0 aromatic carbocycles. The fourth-order valence-corrected chi connectivity index (χ4v) is 1.83. The van der Waals surface area contributed by atoms with Gasteiger partial charge in [0.05, 0.1) is 0 Å². The molecule has 14 heavy (non-hydrogen) atoms. The van der Waals surface area contributed by atoms with Crippen molar-refractivity contribution in [2.75, 3.05) is 25.6 Å². The quantitative estimate of drug-likeness (QED) is 0.916. The number of H-pyrrole nitrogens is 1. The molecule has 0 atom stereocenters. The molecule has 0 aliphatic rings. The summed E-state index contributed by atoms with van der Waals surface area (Å²) in [5, 5.41) is 0. The standard InChI is InChI=1S/C9H13BrN2OS/c1-12(3-4-14-2)9(13)8-5-7(10)6-11-8/h5-6,11H,3-4H2,1-2H3. The summed E-state index contributed by atoms with van der Waals surface area (Å²) in [5.41, 5.74) is 0.625. The van der Waals surface area contributed by atoms with E-state index in [1.54, 1.807) is 28.9 Å². The third-order valence-electron chi connectivity index (χ3n) is 1.86. The average Bonchev–Trinajstić information content (AvgIpc) is 2.60. The van der Waals surface area contributed by atoms with E-state index in [9.17, 15) is 4.79 Å². The van der Waals surface area contributed by atoms with Gasteiger partial charge >= 0.3 is 0 Å². The van der Waals surface area contributed by atoms with Crippen molar-refractivity contribution in [2.24, 2.45) is 0 Å². The lowest BCUT2D eigenvalue weighted by molar-refractivity contribution is 0.0798. The van der Waals surface area contributed by atoms with Crippen LogP contribution in [0.3, 0.4) is 0 Å². The summed E-state index contributed by atoms with van der Waals surface area (Å²) in [6.45, 7) is 0.774. The first kappa shape index (κ1) is 11.7. The molecule has 0 saturated carbocycles. The number of aromatic nitrogens is 1. The summed E-state index contributed by atoms with van der Waals surface area (Å²) in [7, 11) is 1.81. The van der Waals surface area contributed by atoms with Crippen molar-refractivity contribution in [3.8, 4) is 0 Å². The predicted octanol–water partition coefficient (Wildman–Crippen LogP) is 2.21. The molecule has 0 unspecified atom stereocenters. The Hall–Kier alpha value is -0.420. The van der Waals surface area contributed by atoms with Gasteiger partial charge in [0, 0.05) is 30.0 Å². The van der Waals surface area contributed by atoms with Crippen LogP contribution in [0.4, 0.5) is 0 Å². The van der Waals surface area contributed by atoms with Gasteiger partial charge in [-0.25, -0.2) is 0 Å². The molecule has 0 fully saturated rings. The minimum Gasteiger partial charge on any atom is -0.356 e. The minimum absolute atomic E-state index is 0.0322. The molecule has 1 aromatic rings. The Morgan fingerprint density at radius 3 is 2.93 bits per heavy atom. The normalized spacial score (nSPS) is 10.2. The van der Waals surface area contributed by atoms with Crippen LogP contribution in [-0.4, -0.2) is 41.4 Å². The summed E-state index contributed by atoms with van der Waals surface area (Å²) in [5.74, 6) is 0.995. The third kappa shape index (κ3) is 3.06. The Morgan fingerprint density at radius 2 is 2.43 bits per heavy atom. The van der Waals surface area contributed by atoms with Crippen LogP contribution < -0.4 is 0 Å². The molecule has 3 nitrogen and oxygen atoms in total. The number of nitrogens with zero attached hydrogens (tertiary/aromatic N) is 1. The summed E-state index contributed by atoms with van der Waals surface area (Å²) >= 11 is 5.03. The van der Waals surface area contributed by atoms with Crippen molar-refractivity contribution < 1.29 is 4.79 Å². The highest BCUT2D eigenvalue weighted by molar-refractivity contribution is 9.10. The van der Waals surface area contributed by atoms with E-state index < -0.39 is 0 Å². The summed E-state index contributed by atoms with van der Waals surface area (Å²) in [4.78, 5) is 16.4. The first-order valence-electron chi connectivity index (χ1n) is 4.23. The van der Waals surface area contributed by atoms with Crippen molar-refractivity contribution >= 4 is 33.6 Å². The van der Waals surface area contributed by atoms with Crippen LogP contribution in [0.15, 0.2) is 16.7 Å². The minimum atomic E-state index is 0.0322. The summed E-state index contributed by atoms with van der Waals surface area (Å²) in [6, 6.07) is 1.79. The van der Waals surface area contributed by atoms with Crippen LogP contribution in [0.25, 0.3) is 0 Å². The van der Waals surface area contributed by atoms with Gasteiger partial charge in [0.25, 0.3) is 5.91 Å². The Kier molecular flexibility index (Phi) is 4.54. The van der Waals surface area contributed by atoms with E-state index in [0.29, 0.717) is 5.69 Å². The number of carbonyl (C=O) groups is 1. The molecular weight excluding hydrogens is 264 g/mol. The predicted molar refractivity (Wildman–Crippen MR) is 63.8 cm³/mol. The van der Waals surface area contributed by atoms with Gasteiger partial charge in [0.15, 0.2) is 0 Å². The molecule has 1 aromatic heterocycles. The second-order valence-electron chi connectivity index (χ2n) is 2.95. The van der Waals surface area contributed by atoms with Crippen molar-refractivity contribution in [3.63, 3.8) is 0 Å². The number of hydrogen-bond acceptors (Lipinski definition) is 2. The van der Waals surface area contributed by atoms with Gasteiger partial charge in [-0.05, 0) is 28.3 Å². The van der Waals surface area contributed by atoms with E-state index in [0.717, 1.165) is 16.8 Å². The number of hydrogen-bond donors (Lipinski definition) is 1. The topological polar surface area (TPSA) is 36.1 Å². The van der Waals surface area contributed by atoms with Crippen molar-refractivity contribution in [2.45, 2.75) is 0 Å². The number of halogens is 1. The molecule has 78 valence electrons. The highest BCUT2D eigenvalue weighted by Crippen LogP contribution is 2.12.